The molecule has 1 aliphatic rings. The van der Waals surface area contributed by atoms with E-state index in [2.05, 4.69) is 51.4 Å². The lowest BCUT2D eigenvalue weighted by Crippen LogP contribution is -2.28. The number of anilines is 1. The van der Waals surface area contributed by atoms with Crippen LogP contribution in [0.4, 0.5) is 5.82 Å². The molecule has 3 heterocycles. The highest BCUT2D eigenvalue weighted by molar-refractivity contribution is 5.60. The van der Waals surface area contributed by atoms with Crippen molar-refractivity contribution in [3.8, 4) is 22.7 Å². The Labute approximate surface area is 174 Å². The van der Waals surface area contributed by atoms with Gasteiger partial charge in [-0.1, -0.05) is 29.4 Å². The van der Waals surface area contributed by atoms with Gasteiger partial charge in [0.2, 0.25) is 0 Å². The molecule has 30 heavy (non-hydrogen) atoms. The Bertz CT molecular complexity index is 1210. The second kappa shape index (κ2) is 6.76. The second-order valence-corrected chi connectivity index (χ2v) is 8.11. The summed E-state index contributed by atoms with van der Waals surface area (Å²) in [6, 6.07) is 8.39. The van der Waals surface area contributed by atoms with E-state index in [-0.39, 0.29) is 5.41 Å². The number of nitrogens with zero attached hydrogens (tertiary/aromatic N) is 6. The van der Waals surface area contributed by atoms with Gasteiger partial charge in [-0.25, -0.2) is 9.97 Å². The van der Waals surface area contributed by atoms with E-state index in [9.17, 15) is 0 Å². The Kier molecular flexibility index (Phi) is 4.16. The van der Waals surface area contributed by atoms with Gasteiger partial charge in [0.05, 0.1) is 34.8 Å². The van der Waals surface area contributed by atoms with Gasteiger partial charge in [0.15, 0.2) is 5.82 Å². The first-order valence-electron chi connectivity index (χ1n) is 9.98. The Morgan fingerprint density at radius 2 is 1.87 bits per heavy atom. The third-order valence-electron chi connectivity index (χ3n) is 6.00. The Hall–Kier alpha value is -3.55. The van der Waals surface area contributed by atoms with E-state index in [0.29, 0.717) is 23.5 Å². The van der Waals surface area contributed by atoms with Gasteiger partial charge in [-0.05, 0) is 38.2 Å². The Balaban J connectivity index is 1.50. The van der Waals surface area contributed by atoms with Crippen LogP contribution >= 0.6 is 0 Å². The number of aryl methyl sites for hydroxylation is 2. The van der Waals surface area contributed by atoms with Crippen LogP contribution in [0.25, 0.3) is 22.7 Å². The predicted molar refractivity (Wildman–Crippen MR) is 112 cm³/mol. The maximum atomic E-state index is 5.80. The highest BCUT2D eigenvalue weighted by Crippen LogP contribution is 2.50. The summed E-state index contributed by atoms with van der Waals surface area (Å²) in [6.07, 6.45) is 7.61. The molecule has 1 aromatic carbocycles. The van der Waals surface area contributed by atoms with Crippen molar-refractivity contribution < 1.29 is 4.52 Å². The maximum Gasteiger partial charge on any atom is 0.261 e. The van der Waals surface area contributed by atoms with E-state index in [4.69, 9.17) is 15.2 Å². The van der Waals surface area contributed by atoms with Crippen molar-refractivity contribution in [2.45, 2.75) is 32.1 Å². The third kappa shape index (κ3) is 3.04. The summed E-state index contributed by atoms with van der Waals surface area (Å²) in [6.45, 7) is 4.06. The van der Waals surface area contributed by atoms with Crippen molar-refractivity contribution in [2.75, 3.05) is 5.73 Å². The summed E-state index contributed by atoms with van der Waals surface area (Å²) in [4.78, 5) is 13.5. The van der Waals surface area contributed by atoms with E-state index >= 15 is 0 Å². The first-order valence-corrected chi connectivity index (χ1v) is 9.98. The summed E-state index contributed by atoms with van der Waals surface area (Å²) >= 11 is 0. The molecule has 1 saturated carbocycles. The summed E-state index contributed by atoms with van der Waals surface area (Å²) in [7, 11) is 1.86. The van der Waals surface area contributed by atoms with Gasteiger partial charge in [0.1, 0.15) is 5.82 Å². The second-order valence-electron chi connectivity index (χ2n) is 8.11. The van der Waals surface area contributed by atoms with Crippen molar-refractivity contribution in [3.63, 3.8) is 0 Å². The first-order chi connectivity index (χ1) is 14.4. The highest BCUT2D eigenvalue weighted by atomic mass is 16.5. The van der Waals surface area contributed by atoms with E-state index in [1.54, 1.807) is 17.1 Å². The molecule has 1 atom stereocenters. The van der Waals surface area contributed by atoms with Crippen molar-refractivity contribution in [1.82, 2.24) is 29.9 Å². The number of aromatic nitrogens is 6. The minimum absolute atomic E-state index is 0.314. The van der Waals surface area contributed by atoms with Gasteiger partial charge in [-0.3, -0.25) is 4.68 Å². The van der Waals surface area contributed by atoms with E-state index in [0.717, 1.165) is 40.9 Å². The molecule has 5 rings (SSSR count). The fourth-order valence-electron chi connectivity index (χ4n) is 3.91. The molecule has 0 bridgehead atoms. The topological polar surface area (TPSA) is 109 Å². The lowest BCUT2D eigenvalue weighted by atomic mass is 9.77. The third-order valence-corrected chi connectivity index (χ3v) is 6.00. The zero-order valence-electron chi connectivity index (χ0n) is 17.2. The van der Waals surface area contributed by atoms with Crippen LogP contribution in [0.15, 0.2) is 47.4 Å². The molecule has 1 aliphatic carbocycles. The van der Waals surface area contributed by atoms with Crippen LogP contribution in [-0.2, 0) is 12.5 Å². The molecule has 0 spiro atoms. The van der Waals surface area contributed by atoms with Gasteiger partial charge in [-0.2, -0.15) is 10.1 Å². The van der Waals surface area contributed by atoms with Crippen LogP contribution in [0, 0.1) is 12.8 Å². The highest BCUT2D eigenvalue weighted by Gasteiger charge is 2.47. The molecule has 0 radical (unpaired) electrons. The number of nitrogen functional groups attached to an aromatic ring is 1. The fourth-order valence-corrected chi connectivity index (χ4v) is 3.91. The minimum atomic E-state index is -0.314. The molecular formula is C22H23N7O. The zero-order valence-corrected chi connectivity index (χ0v) is 17.2. The van der Waals surface area contributed by atoms with Gasteiger partial charge in [-0.15, -0.1) is 0 Å². The monoisotopic (exact) mass is 401 g/mol. The summed E-state index contributed by atoms with van der Waals surface area (Å²) in [5.74, 6) is 2.15. The molecule has 8 nitrogen and oxygen atoms in total. The molecule has 152 valence electrons. The smallest absolute Gasteiger partial charge is 0.261 e. The average molecular weight is 401 g/mol. The summed E-state index contributed by atoms with van der Waals surface area (Å²) in [5, 5.41) is 8.54. The van der Waals surface area contributed by atoms with Crippen molar-refractivity contribution in [2.24, 2.45) is 13.0 Å². The quantitative estimate of drug-likeness (QED) is 0.545. The average Bonchev–Trinajstić information content (AvgIpc) is 3.33. The Morgan fingerprint density at radius 1 is 1.10 bits per heavy atom. The predicted octanol–water partition coefficient (Wildman–Crippen LogP) is 3.53. The van der Waals surface area contributed by atoms with E-state index in [1.807, 2.05) is 20.2 Å². The summed E-state index contributed by atoms with van der Waals surface area (Å²) < 4.78 is 7.30. The van der Waals surface area contributed by atoms with Crippen LogP contribution in [0.1, 0.15) is 36.8 Å². The van der Waals surface area contributed by atoms with Crippen molar-refractivity contribution in [1.29, 1.82) is 0 Å². The number of hydrogen-bond donors (Lipinski definition) is 1. The Morgan fingerprint density at radius 3 is 2.50 bits per heavy atom. The minimum Gasteiger partial charge on any atom is -0.382 e. The van der Waals surface area contributed by atoms with Crippen molar-refractivity contribution in [3.05, 3.63) is 59.9 Å². The van der Waals surface area contributed by atoms with Crippen LogP contribution in [-0.4, -0.2) is 29.9 Å². The normalized spacial score (nSPS) is 15.8. The molecule has 0 unspecified atom stereocenters. The molecule has 1 fully saturated rings. The van der Waals surface area contributed by atoms with Gasteiger partial charge in [0.25, 0.3) is 5.89 Å². The maximum absolute atomic E-state index is 5.80. The van der Waals surface area contributed by atoms with Crippen LogP contribution in [0.3, 0.4) is 0 Å². The molecule has 0 saturated heterocycles. The molecule has 0 amide bonds. The lowest BCUT2D eigenvalue weighted by molar-refractivity contribution is 0.386. The van der Waals surface area contributed by atoms with Gasteiger partial charge in [0, 0.05) is 18.8 Å². The van der Waals surface area contributed by atoms with Gasteiger partial charge >= 0.3 is 0 Å². The van der Waals surface area contributed by atoms with Crippen LogP contribution in [0.5, 0.6) is 0 Å². The van der Waals surface area contributed by atoms with E-state index < -0.39 is 0 Å². The van der Waals surface area contributed by atoms with Crippen LogP contribution < -0.4 is 5.73 Å². The summed E-state index contributed by atoms with van der Waals surface area (Å²) in [5.41, 5.74) is 10.00. The number of hydrogen-bond acceptors (Lipinski definition) is 7. The molecule has 0 aliphatic heterocycles. The molecular weight excluding hydrogens is 378 g/mol. The molecule has 8 heteroatoms. The van der Waals surface area contributed by atoms with Crippen molar-refractivity contribution >= 4 is 5.82 Å². The standard InChI is InChI=1S/C22H23N7O/c1-13-19(23)24-11-18(26-13)14-4-6-16(7-5-14)22(2,17-8-9-17)21-27-20(30-28-21)15-10-25-29(3)12-15/h4-7,10-12,17H,8-9H2,1-3H3,(H2,23,24)/t22-/m0/s1. The largest absolute Gasteiger partial charge is 0.382 e. The number of nitrogens with two attached hydrogens (primary N) is 1. The van der Waals surface area contributed by atoms with Gasteiger partial charge < -0.3 is 10.3 Å². The number of rotatable bonds is 5. The molecule has 3 aromatic heterocycles. The number of benzene rings is 1. The molecule has 2 N–H and O–H groups in total. The van der Waals surface area contributed by atoms with Crippen LogP contribution in [0.2, 0.25) is 0 Å². The SMILES string of the molecule is Cc1nc(-c2ccc([C@](C)(c3noc(-c4cnn(C)c4)n3)C3CC3)cc2)cnc1N. The molecule has 4 aromatic rings. The first kappa shape index (κ1) is 18.5. The zero-order chi connectivity index (χ0) is 20.9. The fraction of sp³-hybridized carbons (Fsp3) is 0.318. The van der Waals surface area contributed by atoms with E-state index in [1.165, 1.54) is 0 Å². The lowest BCUT2D eigenvalue weighted by Gasteiger charge is -2.27.